The lowest BCUT2D eigenvalue weighted by Crippen LogP contribution is -2.36. The number of rotatable bonds is 5. The van der Waals surface area contributed by atoms with Crippen LogP contribution < -0.4 is 5.73 Å². The van der Waals surface area contributed by atoms with Crippen molar-refractivity contribution in [3.8, 4) is 6.07 Å². The van der Waals surface area contributed by atoms with Gasteiger partial charge in [-0.3, -0.25) is 0 Å². The number of nitriles is 1. The van der Waals surface area contributed by atoms with Crippen LogP contribution in [-0.4, -0.2) is 31.5 Å². The molecule has 1 aliphatic carbocycles. The predicted octanol–water partition coefficient (Wildman–Crippen LogP) is 1.59. The molecule has 0 aromatic rings. The Hall–Kier alpha value is -0.630. The average molecular weight is 226 g/mol. The molecule has 1 fully saturated rings. The van der Waals surface area contributed by atoms with Crippen molar-refractivity contribution >= 4 is 0 Å². The highest BCUT2D eigenvalue weighted by atomic mass is 16.5. The standard InChI is InChI=1S/C12H22N2O2/c1-12(14,9-13)6-7-16-11-5-3-4-10(8-11)15-2/h10-11H,3-8,14H2,1-2H3. The van der Waals surface area contributed by atoms with E-state index in [9.17, 15) is 0 Å². The third-order valence-corrected chi connectivity index (χ3v) is 3.14. The van der Waals surface area contributed by atoms with Gasteiger partial charge in [-0.05, 0) is 32.6 Å². The Morgan fingerprint density at radius 1 is 1.44 bits per heavy atom. The zero-order chi connectivity index (χ0) is 12.0. The first-order valence-electron chi connectivity index (χ1n) is 5.92. The molecular formula is C12H22N2O2. The summed E-state index contributed by atoms with van der Waals surface area (Å²) in [5.41, 5.74) is 4.95. The summed E-state index contributed by atoms with van der Waals surface area (Å²) < 4.78 is 11.1. The van der Waals surface area contributed by atoms with Gasteiger partial charge in [-0.25, -0.2) is 0 Å². The summed E-state index contributed by atoms with van der Waals surface area (Å²) in [4.78, 5) is 0. The van der Waals surface area contributed by atoms with E-state index in [2.05, 4.69) is 6.07 Å². The van der Waals surface area contributed by atoms with Gasteiger partial charge in [-0.1, -0.05) is 0 Å². The van der Waals surface area contributed by atoms with Crippen molar-refractivity contribution in [2.45, 2.75) is 56.8 Å². The van der Waals surface area contributed by atoms with E-state index in [1.165, 1.54) is 0 Å². The Bertz CT molecular complexity index is 248. The average Bonchev–Trinajstić information content (AvgIpc) is 2.29. The predicted molar refractivity (Wildman–Crippen MR) is 61.8 cm³/mol. The minimum absolute atomic E-state index is 0.271. The monoisotopic (exact) mass is 226 g/mol. The third-order valence-electron chi connectivity index (χ3n) is 3.14. The SMILES string of the molecule is COC1CCCC(OCCC(C)(N)C#N)C1. The van der Waals surface area contributed by atoms with E-state index in [4.69, 9.17) is 20.5 Å². The molecule has 4 heteroatoms. The second-order valence-corrected chi connectivity index (χ2v) is 4.80. The highest BCUT2D eigenvalue weighted by Crippen LogP contribution is 2.23. The van der Waals surface area contributed by atoms with Crippen LogP contribution in [-0.2, 0) is 9.47 Å². The molecule has 0 amide bonds. The summed E-state index contributed by atoms with van der Waals surface area (Å²) in [5.74, 6) is 0. The maximum atomic E-state index is 8.76. The quantitative estimate of drug-likeness (QED) is 0.773. The summed E-state index contributed by atoms with van der Waals surface area (Å²) in [5, 5.41) is 8.76. The number of methoxy groups -OCH3 is 1. The molecule has 0 spiro atoms. The van der Waals surface area contributed by atoms with Crippen LogP contribution in [0.25, 0.3) is 0 Å². The van der Waals surface area contributed by atoms with Crippen molar-refractivity contribution in [3.05, 3.63) is 0 Å². The molecule has 0 bridgehead atoms. The molecule has 0 aliphatic heterocycles. The van der Waals surface area contributed by atoms with Gasteiger partial charge in [0.15, 0.2) is 0 Å². The summed E-state index contributed by atoms with van der Waals surface area (Å²) in [6, 6.07) is 2.07. The Balaban J connectivity index is 2.20. The maximum absolute atomic E-state index is 8.76. The summed E-state index contributed by atoms with van der Waals surface area (Å²) in [7, 11) is 1.75. The third kappa shape index (κ3) is 4.48. The number of nitrogens with zero attached hydrogens (tertiary/aromatic N) is 1. The molecule has 16 heavy (non-hydrogen) atoms. The van der Waals surface area contributed by atoms with Crippen LogP contribution in [0.4, 0.5) is 0 Å². The Kier molecular flexibility index (Phi) is 5.20. The summed E-state index contributed by atoms with van der Waals surface area (Å²) >= 11 is 0. The molecule has 0 aromatic heterocycles. The van der Waals surface area contributed by atoms with Gasteiger partial charge in [-0.2, -0.15) is 5.26 Å². The van der Waals surface area contributed by atoms with Gasteiger partial charge >= 0.3 is 0 Å². The second kappa shape index (κ2) is 6.19. The molecule has 3 unspecified atom stereocenters. The lowest BCUT2D eigenvalue weighted by molar-refractivity contribution is -0.0319. The first kappa shape index (κ1) is 13.4. The van der Waals surface area contributed by atoms with Crippen molar-refractivity contribution < 1.29 is 9.47 Å². The van der Waals surface area contributed by atoms with Crippen LogP contribution in [0, 0.1) is 11.3 Å². The normalized spacial score (nSPS) is 29.4. The largest absolute Gasteiger partial charge is 0.381 e. The number of ether oxygens (including phenoxy) is 2. The van der Waals surface area contributed by atoms with Crippen LogP contribution in [0.5, 0.6) is 0 Å². The molecule has 3 atom stereocenters. The molecule has 1 aliphatic rings. The minimum atomic E-state index is -0.769. The lowest BCUT2D eigenvalue weighted by Gasteiger charge is -2.28. The van der Waals surface area contributed by atoms with Crippen molar-refractivity contribution in [2.75, 3.05) is 13.7 Å². The zero-order valence-electron chi connectivity index (χ0n) is 10.2. The van der Waals surface area contributed by atoms with Crippen LogP contribution >= 0.6 is 0 Å². The van der Waals surface area contributed by atoms with Crippen LogP contribution in [0.2, 0.25) is 0 Å². The van der Waals surface area contributed by atoms with E-state index in [1.54, 1.807) is 14.0 Å². The van der Waals surface area contributed by atoms with Gasteiger partial charge in [0.05, 0.1) is 18.3 Å². The first-order chi connectivity index (χ1) is 7.57. The zero-order valence-corrected chi connectivity index (χ0v) is 10.2. The van der Waals surface area contributed by atoms with E-state index in [1.807, 2.05) is 0 Å². The highest BCUT2D eigenvalue weighted by Gasteiger charge is 2.23. The molecule has 0 saturated heterocycles. The van der Waals surface area contributed by atoms with E-state index in [0.717, 1.165) is 25.7 Å². The molecule has 2 N–H and O–H groups in total. The molecular weight excluding hydrogens is 204 g/mol. The Morgan fingerprint density at radius 3 is 2.75 bits per heavy atom. The number of hydrogen-bond acceptors (Lipinski definition) is 4. The van der Waals surface area contributed by atoms with Crippen molar-refractivity contribution in [1.29, 1.82) is 5.26 Å². The van der Waals surface area contributed by atoms with Gasteiger partial charge in [0.1, 0.15) is 5.54 Å². The van der Waals surface area contributed by atoms with Crippen molar-refractivity contribution in [2.24, 2.45) is 5.73 Å². The van der Waals surface area contributed by atoms with Gasteiger partial charge in [0.2, 0.25) is 0 Å². The fourth-order valence-electron chi connectivity index (χ4n) is 1.96. The molecule has 0 radical (unpaired) electrons. The molecule has 0 aromatic carbocycles. The van der Waals surface area contributed by atoms with Gasteiger partial charge in [0.25, 0.3) is 0 Å². The van der Waals surface area contributed by atoms with E-state index >= 15 is 0 Å². The summed E-state index contributed by atoms with van der Waals surface area (Å²) in [6.45, 7) is 2.29. The maximum Gasteiger partial charge on any atom is 0.103 e. The topological polar surface area (TPSA) is 68.3 Å². The van der Waals surface area contributed by atoms with Crippen LogP contribution in [0.1, 0.15) is 39.0 Å². The van der Waals surface area contributed by atoms with E-state index in [0.29, 0.717) is 19.1 Å². The van der Waals surface area contributed by atoms with Gasteiger partial charge < -0.3 is 15.2 Å². The second-order valence-electron chi connectivity index (χ2n) is 4.80. The highest BCUT2D eigenvalue weighted by molar-refractivity contribution is 5.00. The molecule has 1 rings (SSSR count). The number of nitrogens with two attached hydrogens (primary N) is 1. The fraction of sp³-hybridized carbons (Fsp3) is 0.917. The number of hydrogen-bond donors (Lipinski definition) is 1. The van der Waals surface area contributed by atoms with E-state index < -0.39 is 5.54 Å². The van der Waals surface area contributed by atoms with E-state index in [-0.39, 0.29) is 6.10 Å². The van der Waals surface area contributed by atoms with Crippen molar-refractivity contribution in [3.63, 3.8) is 0 Å². The molecule has 1 saturated carbocycles. The van der Waals surface area contributed by atoms with Gasteiger partial charge in [0, 0.05) is 20.1 Å². The molecule has 92 valence electrons. The van der Waals surface area contributed by atoms with Crippen molar-refractivity contribution in [1.82, 2.24) is 0 Å². The fourth-order valence-corrected chi connectivity index (χ4v) is 1.96. The first-order valence-corrected chi connectivity index (χ1v) is 5.92. The smallest absolute Gasteiger partial charge is 0.103 e. The summed E-state index contributed by atoms with van der Waals surface area (Å²) in [6.07, 6.45) is 5.52. The lowest BCUT2D eigenvalue weighted by atomic mass is 9.94. The minimum Gasteiger partial charge on any atom is -0.381 e. The van der Waals surface area contributed by atoms with Crippen LogP contribution in [0.3, 0.4) is 0 Å². The molecule has 4 nitrogen and oxygen atoms in total. The van der Waals surface area contributed by atoms with Gasteiger partial charge in [-0.15, -0.1) is 0 Å². The van der Waals surface area contributed by atoms with Crippen LogP contribution in [0.15, 0.2) is 0 Å². The molecule has 0 heterocycles. The Labute approximate surface area is 97.7 Å². The Morgan fingerprint density at radius 2 is 2.12 bits per heavy atom.